The highest BCUT2D eigenvalue weighted by Gasteiger charge is 2.29. The normalized spacial score (nSPS) is 17.2. The third-order valence-electron chi connectivity index (χ3n) is 4.80. The molecule has 2 N–H and O–H groups in total. The average Bonchev–Trinajstić information content (AvgIpc) is 3.03. The molecule has 0 amide bonds. The van der Waals surface area contributed by atoms with E-state index in [0.29, 0.717) is 5.92 Å². The van der Waals surface area contributed by atoms with Crippen LogP contribution in [-0.4, -0.2) is 16.2 Å². The molecule has 0 spiro atoms. The number of hydrogen-bond donors (Lipinski definition) is 1. The summed E-state index contributed by atoms with van der Waals surface area (Å²) in [5.74, 6) is 8.42. The minimum atomic E-state index is -0.00982. The summed E-state index contributed by atoms with van der Waals surface area (Å²) in [6, 6.07) is 2.14. The third-order valence-corrected chi connectivity index (χ3v) is 4.80. The van der Waals surface area contributed by atoms with Gasteiger partial charge in [-0.1, -0.05) is 68.7 Å². The quantitative estimate of drug-likeness (QED) is 0.705. The van der Waals surface area contributed by atoms with Gasteiger partial charge in [0.2, 0.25) is 0 Å². The highest BCUT2D eigenvalue weighted by atomic mass is 15.3. The maximum absolute atomic E-state index is 6.46. The van der Waals surface area contributed by atoms with Crippen molar-refractivity contribution in [3.8, 4) is 0 Å². The SMILES string of the molecule is CCCc1c(C(C)(C)C)cc(/N=C2\N=C(C(C)C)C=C2C(C)(C)C)n1N. The molecule has 4 heteroatoms. The Bertz CT molecular complexity index is 759. The van der Waals surface area contributed by atoms with Crippen LogP contribution < -0.4 is 5.84 Å². The Morgan fingerprint density at radius 1 is 1.12 bits per heavy atom. The summed E-state index contributed by atoms with van der Waals surface area (Å²) in [6.07, 6.45) is 4.21. The Kier molecular flexibility index (Phi) is 5.55. The fraction of sp³-hybridized carbons (Fsp3) is 0.636. The first-order chi connectivity index (χ1) is 11.9. The second kappa shape index (κ2) is 7.05. The number of nitrogen functional groups attached to an aromatic ring is 1. The minimum absolute atomic E-state index is 0.00982. The number of aromatic nitrogens is 1. The number of allylic oxidation sites excluding steroid dienone is 1. The molecule has 144 valence electrons. The van der Waals surface area contributed by atoms with Crippen LogP contribution in [0.25, 0.3) is 0 Å². The molecule has 1 aromatic rings. The maximum Gasteiger partial charge on any atom is 0.158 e. The van der Waals surface area contributed by atoms with Crippen molar-refractivity contribution in [2.24, 2.45) is 21.3 Å². The van der Waals surface area contributed by atoms with Crippen molar-refractivity contribution < 1.29 is 0 Å². The molecule has 1 aromatic heterocycles. The molecule has 0 unspecified atom stereocenters. The van der Waals surface area contributed by atoms with Crippen LogP contribution in [0.5, 0.6) is 0 Å². The highest BCUT2D eigenvalue weighted by Crippen LogP contribution is 2.35. The van der Waals surface area contributed by atoms with E-state index in [4.69, 9.17) is 15.8 Å². The van der Waals surface area contributed by atoms with Gasteiger partial charge in [0.15, 0.2) is 11.7 Å². The Labute approximate surface area is 159 Å². The van der Waals surface area contributed by atoms with Crippen molar-refractivity contribution in [3.05, 3.63) is 29.0 Å². The smallest absolute Gasteiger partial charge is 0.158 e. The lowest BCUT2D eigenvalue weighted by molar-refractivity contribution is 0.525. The summed E-state index contributed by atoms with van der Waals surface area (Å²) in [6.45, 7) is 19.8. The van der Waals surface area contributed by atoms with Crippen LogP contribution in [0.3, 0.4) is 0 Å². The monoisotopic (exact) mass is 356 g/mol. The first kappa shape index (κ1) is 20.5. The molecule has 0 aromatic carbocycles. The zero-order valence-electron chi connectivity index (χ0n) is 18.1. The summed E-state index contributed by atoms with van der Waals surface area (Å²) < 4.78 is 1.76. The molecule has 2 heterocycles. The van der Waals surface area contributed by atoms with Gasteiger partial charge >= 0.3 is 0 Å². The van der Waals surface area contributed by atoms with Crippen LogP contribution >= 0.6 is 0 Å². The summed E-state index contributed by atoms with van der Waals surface area (Å²) in [5, 5.41) is 0. The Balaban J connectivity index is 2.60. The molecular formula is C22H36N4. The molecule has 4 nitrogen and oxygen atoms in total. The zero-order valence-corrected chi connectivity index (χ0v) is 18.1. The number of nitrogens with two attached hydrogens (primary N) is 1. The van der Waals surface area contributed by atoms with E-state index in [-0.39, 0.29) is 10.8 Å². The van der Waals surface area contributed by atoms with Crippen LogP contribution in [0.15, 0.2) is 27.7 Å². The standard InChI is InChI=1S/C22H36N4/c1-10-11-18-15(21(4,5)6)13-19(26(18)23)25-20-16(22(7,8)9)12-17(24-20)14(2)3/h12-14H,10-11,23H2,1-9H3/b25-20-. The number of aliphatic imine (C=N–C) groups is 2. The molecule has 0 radical (unpaired) electrons. The number of hydrogen-bond acceptors (Lipinski definition) is 2. The van der Waals surface area contributed by atoms with Crippen LogP contribution in [0.2, 0.25) is 0 Å². The second-order valence-electron chi connectivity index (χ2n) is 9.67. The lowest BCUT2D eigenvalue weighted by Gasteiger charge is -2.20. The van der Waals surface area contributed by atoms with E-state index in [9.17, 15) is 0 Å². The van der Waals surface area contributed by atoms with Crippen molar-refractivity contribution in [2.45, 2.75) is 80.6 Å². The lowest BCUT2D eigenvalue weighted by Crippen LogP contribution is -2.18. The van der Waals surface area contributed by atoms with Crippen LogP contribution in [0.4, 0.5) is 5.82 Å². The number of rotatable bonds is 4. The summed E-state index contributed by atoms with van der Waals surface area (Å²) in [4.78, 5) is 9.74. The maximum atomic E-state index is 6.46. The van der Waals surface area contributed by atoms with Gasteiger partial charge in [-0.25, -0.2) is 14.7 Å². The lowest BCUT2D eigenvalue weighted by atomic mass is 9.85. The van der Waals surface area contributed by atoms with Gasteiger partial charge in [0.1, 0.15) is 0 Å². The summed E-state index contributed by atoms with van der Waals surface area (Å²) in [7, 11) is 0. The highest BCUT2D eigenvalue weighted by molar-refractivity contribution is 6.19. The van der Waals surface area contributed by atoms with E-state index in [0.717, 1.165) is 30.2 Å². The first-order valence-corrected chi connectivity index (χ1v) is 9.76. The van der Waals surface area contributed by atoms with E-state index in [1.165, 1.54) is 16.8 Å². The predicted octanol–water partition coefficient (Wildman–Crippen LogP) is 5.57. The van der Waals surface area contributed by atoms with Gasteiger partial charge in [-0.2, -0.15) is 0 Å². The van der Waals surface area contributed by atoms with E-state index >= 15 is 0 Å². The van der Waals surface area contributed by atoms with Gasteiger partial charge < -0.3 is 5.84 Å². The predicted molar refractivity (Wildman–Crippen MR) is 114 cm³/mol. The van der Waals surface area contributed by atoms with Gasteiger partial charge in [0.25, 0.3) is 0 Å². The number of amidine groups is 1. The van der Waals surface area contributed by atoms with Crippen molar-refractivity contribution >= 4 is 17.4 Å². The van der Waals surface area contributed by atoms with E-state index in [2.05, 4.69) is 74.5 Å². The molecule has 2 rings (SSSR count). The fourth-order valence-corrected chi connectivity index (χ4v) is 3.25. The van der Waals surface area contributed by atoms with Crippen molar-refractivity contribution in [2.75, 3.05) is 5.84 Å². The Morgan fingerprint density at radius 2 is 1.73 bits per heavy atom. The fourth-order valence-electron chi connectivity index (χ4n) is 3.25. The molecule has 0 fully saturated rings. The van der Waals surface area contributed by atoms with Gasteiger partial charge in [-0.05, 0) is 40.9 Å². The second-order valence-corrected chi connectivity index (χ2v) is 9.67. The van der Waals surface area contributed by atoms with Gasteiger partial charge in [0.05, 0.1) is 0 Å². The van der Waals surface area contributed by atoms with Crippen molar-refractivity contribution in [3.63, 3.8) is 0 Å². The molecular weight excluding hydrogens is 320 g/mol. The molecule has 26 heavy (non-hydrogen) atoms. The van der Waals surface area contributed by atoms with Crippen LogP contribution in [0.1, 0.15) is 80.0 Å². The molecule has 0 atom stereocenters. The van der Waals surface area contributed by atoms with Gasteiger partial charge in [-0.3, -0.25) is 0 Å². The summed E-state index contributed by atoms with van der Waals surface area (Å²) in [5.41, 5.74) is 4.74. The zero-order chi connectivity index (χ0) is 19.9. The van der Waals surface area contributed by atoms with Crippen molar-refractivity contribution in [1.82, 2.24) is 4.68 Å². The van der Waals surface area contributed by atoms with Gasteiger partial charge in [-0.15, -0.1) is 0 Å². The van der Waals surface area contributed by atoms with Gasteiger partial charge in [0, 0.05) is 17.0 Å². The Hall–Kier alpha value is -1.84. The van der Waals surface area contributed by atoms with Crippen molar-refractivity contribution in [1.29, 1.82) is 0 Å². The van der Waals surface area contributed by atoms with Crippen LogP contribution in [0, 0.1) is 11.3 Å². The number of nitrogens with zero attached hydrogens (tertiary/aromatic N) is 3. The van der Waals surface area contributed by atoms with E-state index in [1.807, 2.05) is 0 Å². The molecule has 0 aliphatic carbocycles. The average molecular weight is 357 g/mol. The molecule has 1 aliphatic rings. The summed E-state index contributed by atoms with van der Waals surface area (Å²) >= 11 is 0. The topological polar surface area (TPSA) is 55.7 Å². The minimum Gasteiger partial charge on any atom is -0.337 e. The molecule has 0 saturated carbocycles. The van der Waals surface area contributed by atoms with E-state index in [1.54, 1.807) is 4.68 Å². The third kappa shape index (κ3) is 4.11. The van der Waals surface area contributed by atoms with E-state index < -0.39 is 0 Å². The van der Waals surface area contributed by atoms with Crippen LogP contribution in [-0.2, 0) is 11.8 Å². The molecule has 1 aliphatic heterocycles. The largest absolute Gasteiger partial charge is 0.337 e. The Morgan fingerprint density at radius 3 is 2.19 bits per heavy atom. The molecule has 0 saturated heterocycles. The first-order valence-electron chi connectivity index (χ1n) is 9.76. The molecule has 0 bridgehead atoms.